The Morgan fingerprint density at radius 2 is 1.96 bits per heavy atom. The van der Waals surface area contributed by atoms with Gasteiger partial charge in [-0.2, -0.15) is 0 Å². The fourth-order valence-electron chi connectivity index (χ4n) is 2.79. The van der Waals surface area contributed by atoms with Crippen LogP contribution in [0.25, 0.3) is 5.82 Å². The zero-order chi connectivity index (χ0) is 18.0. The quantitative estimate of drug-likeness (QED) is 0.402. The molecule has 0 N–H and O–H groups in total. The number of nitrogens with zero attached hydrogens (tertiary/aromatic N) is 4. The summed E-state index contributed by atoms with van der Waals surface area (Å²) in [6.07, 6.45) is 3.55. The van der Waals surface area contributed by atoms with Crippen LogP contribution in [0.3, 0.4) is 0 Å². The average Bonchev–Trinajstić information content (AvgIpc) is 2.88. The summed E-state index contributed by atoms with van der Waals surface area (Å²) in [5.74, 6) is 0.865. The third kappa shape index (κ3) is 3.33. The van der Waals surface area contributed by atoms with E-state index in [2.05, 4.69) is 14.5 Å². The van der Waals surface area contributed by atoms with Gasteiger partial charge in [-0.25, -0.2) is 4.98 Å². The number of aliphatic imine (C=N–C) groups is 1. The molecule has 6 nitrogen and oxygen atoms in total. The summed E-state index contributed by atoms with van der Waals surface area (Å²) >= 11 is 0. The molecule has 2 aromatic heterocycles. The van der Waals surface area contributed by atoms with Crippen molar-refractivity contribution in [1.82, 2.24) is 9.55 Å². The number of aryl methyl sites for hydroxylation is 2. The van der Waals surface area contributed by atoms with Crippen molar-refractivity contribution in [2.45, 2.75) is 20.8 Å². The van der Waals surface area contributed by atoms with Gasteiger partial charge in [-0.05, 0) is 50.6 Å². The van der Waals surface area contributed by atoms with Crippen molar-refractivity contribution in [3.8, 4) is 5.82 Å². The van der Waals surface area contributed by atoms with Crippen LogP contribution in [0.4, 0.5) is 11.4 Å². The van der Waals surface area contributed by atoms with Crippen molar-refractivity contribution < 1.29 is 4.92 Å². The minimum Gasteiger partial charge on any atom is -0.303 e. The molecule has 0 radical (unpaired) electrons. The second-order valence-electron chi connectivity index (χ2n) is 5.84. The number of nitro groups is 1. The Bertz CT molecular complexity index is 959. The van der Waals surface area contributed by atoms with Crippen LogP contribution in [-0.4, -0.2) is 20.7 Å². The lowest BCUT2D eigenvalue weighted by Crippen LogP contribution is -2.01. The van der Waals surface area contributed by atoms with E-state index in [-0.39, 0.29) is 5.69 Å². The van der Waals surface area contributed by atoms with Crippen molar-refractivity contribution in [2.24, 2.45) is 4.99 Å². The minimum atomic E-state index is -0.402. The fourth-order valence-corrected chi connectivity index (χ4v) is 2.79. The summed E-state index contributed by atoms with van der Waals surface area (Å²) in [6, 6.07) is 12.5. The molecule has 2 heterocycles. The first-order valence-corrected chi connectivity index (χ1v) is 7.87. The molecular weight excluding hydrogens is 316 g/mol. The predicted octanol–water partition coefficient (Wildman–Crippen LogP) is 4.46. The summed E-state index contributed by atoms with van der Waals surface area (Å²) < 4.78 is 2.07. The van der Waals surface area contributed by atoms with Crippen LogP contribution < -0.4 is 0 Å². The van der Waals surface area contributed by atoms with Gasteiger partial charge in [0.25, 0.3) is 5.69 Å². The number of non-ortho nitro benzene ring substituents is 1. The van der Waals surface area contributed by atoms with E-state index in [1.807, 2.05) is 45.0 Å². The van der Waals surface area contributed by atoms with E-state index in [0.717, 1.165) is 28.3 Å². The van der Waals surface area contributed by atoms with Crippen LogP contribution in [0.1, 0.15) is 22.5 Å². The van der Waals surface area contributed by atoms with Crippen molar-refractivity contribution in [1.29, 1.82) is 0 Å². The van der Waals surface area contributed by atoms with Gasteiger partial charge in [0.05, 0.1) is 10.6 Å². The lowest BCUT2D eigenvalue weighted by atomic mass is 10.2. The van der Waals surface area contributed by atoms with Gasteiger partial charge in [0.15, 0.2) is 0 Å². The zero-order valence-corrected chi connectivity index (χ0v) is 14.3. The lowest BCUT2D eigenvalue weighted by Gasteiger charge is -2.07. The third-order valence-corrected chi connectivity index (χ3v) is 4.08. The number of benzene rings is 1. The van der Waals surface area contributed by atoms with E-state index >= 15 is 0 Å². The molecule has 0 aliphatic rings. The van der Waals surface area contributed by atoms with Crippen LogP contribution in [-0.2, 0) is 0 Å². The Hall–Kier alpha value is -3.28. The van der Waals surface area contributed by atoms with Crippen LogP contribution in [0.2, 0.25) is 0 Å². The molecule has 3 aromatic rings. The molecule has 25 heavy (non-hydrogen) atoms. The molecule has 126 valence electrons. The van der Waals surface area contributed by atoms with E-state index in [1.165, 1.54) is 12.1 Å². The molecule has 3 rings (SSSR count). The van der Waals surface area contributed by atoms with Gasteiger partial charge in [0.1, 0.15) is 5.82 Å². The molecule has 0 aliphatic carbocycles. The lowest BCUT2D eigenvalue weighted by molar-refractivity contribution is -0.384. The standard InChI is InChI=1S/C19H18N4O2/c1-13-10-17(23(24)25)7-8-18(13)21-12-16-11-14(2)22(15(16)3)19-6-4-5-9-20-19/h4-12H,1-3H3. The highest BCUT2D eigenvalue weighted by Crippen LogP contribution is 2.24. The van der Waals surface area contributed by atoms with Crippen molar-refractivity contribution in [3.05, 3.63) is 81.3 Å². The van der Waals surface area contributed by atoms with Crippen molar-refractivity contribution in [2.75, 3.05) is 0 Å². The summed E-state index contributed by atoms with van der Waals surface area (Å²) in [6.45, 7) is 5.86. The Labute approximate surface area is 145 Å². The molecule has 0 aliphatic heterocycles. The maximum Gasteiger partial charge on any atom is 0.269 e. The second-order valence-corrected chi connectivity index (χ2v) is 5.84. The van der Waals surface area contributed by atoms with Gasteiger partial charge >= 0.3 is 0 Å². The number of aromatic nitrogens is 2. The molecule has 6 heteroatoms. The van der Waals surface area contributed by atoms with E-state index in [1.54, 1.807) is 18.5 Å². The van der Waals surface area contributed by atoms with Crippen LogP contribution in [0, 0.1) is 30.9 Å². The topological polar surface area (TPSA) is 73.3 Å². The molecule has 0 bridgehead atoms. The molecule has 1 aromatic carbocycles. The number of hydrogen-bond acceptors (Lipinski definition) is 4. The highest BCUT2D eigenvalue weighted by molar-refractivity contribution is 5.84. The predicted molar refractivity (Wildman–Crippen MR) is 98.1 cm³/mol. The number of nitro benzene ring substituents is 1. The van der Waals surface area contributed by atoms with Gasteiger partial charge in [-0.15, -0.1) is 0 Å². The van der Waals surface area contributed by atoms with Gasteiger partial charge in [0.2, 0.25) is 0 Å². The smallest absolute Gasteiger partial charge is 0.269 e. The Morgan fingerprint density at radius 3 is 2.60 bits per heavy atom. The molecule has 0 atom stereocenters. The highest BCUT2D eigenvalue weighted by Gasteiger charge is 2.11. The third-order valence-electron chi connectivity index (χ3n) is 4.08. The van der Waals surface area contributed by atoms with Crippen LogP contribution in [0.5, 0.6) is 0 Å². The highest BCUT2D eigenvalue weighted by atomic mass is 16.6. The van der Waals surface area contributed by atoms with E-state index in [9.17, 15) is 10.1 Å². The van der Waals surface area contributed by atoms with E-state index < -0.39 is 4.92 Å². The molecule has 0 unspecified atom stereocenters. The summed E-state index contributed by atoms with van der Waals surface area (Å²) in [5, 5.41) is 10.8. The molecule has 0 amide bonds. The maximum atomic E-state index is 10.8. The second kappa shape index (κ2) is 6.68. The van der Waals surface area contributed by atoms with Gasteiger partial charge in [0, 0.05) is 41.5 Å². The average molecular weight is 334 g/mol. The van der Waals surface area contributed by atoms with Crippen LogP contribution in [0.15, 0.2) is 53.7 Å². The van der Waals surface area contributed by atoms with Gasteiger partial charge < -0.3 is 4.57 Å². The Kier molecular flexibility index (Phi) is 4.43. The van der Waals surface area contributed by atoms with Gasteiger partial charge in [-0.3, -0.25) is 15.1 Å². The Balaban J connectivity index is 1.94. The Morgan fingerprint density at radius 1 is 1.16 bits per heavy atom. The molecule has 0 saturated heterocycles. The van der Waals surface area contributed by atoms with Gasteiger partial charge in [-0.1, -0.05) is 6.07 Å². The number of pyridine rings is 1. The largest absolute Gasteiger partial charge is 0.303 e. The SMILES string of the molecule is Cc1cc([N+](=O)[O-])ccc1N=Cc1cc(C)n(-c2ccccn2)c1C. The molecule has 0 fully saturated rings. The van der Waals surface area contributed by atoms with Crippen molar-refractivity contribution >= 4 is 17.6 Å². The molecular formula is C19H18N4O2. The monoisotopic (exact) mass is 334 g/mol. The minimum absolute atomic E-state index is 0.0739. The summed E-state index contributed by atoms with van der Waals surface area (Å²) in [7, 11) is 0. The number of rotatable bonds is 4. The van der Waals surface area contributed by atoms with Crippen LogP contribution >= 0.6 is 0 Å². The number of hydrogen-bond donors (Lipinski definition) is 0. The van der Waals surface area contributed by atoms with Crippen molar-refractivity contribution in [3.63, 3.8) is 0 Å². The summed E-state index contributed by atoms with van der Waals surface area (Å²) in [5.41, 5.74) is 4.65. The molecule has 0 saturated carbocycles. The zero-order valence-electron chi connectivity index (χ0n) is 14.3. The first-order chi connectivity index (χ1) is 12.0. The normalized spacial score (nSPS) is 11.2. The first kappa shape index (κ1) is 16.6. The fraction of sp³-hybridized carbons (Fsp3) is 0.158. The van der Waals surface area contributed by atoms with E-state index in [4.69, 9.17) is 0 Å². The maximum absolute atomic E-state index is 10.8. The summed E-state index contributed by atoms with van der Waals surface area (Å²) in [4.78, 5) is 19.3. The first-order valence-electron chi connectivity index (χ1n) is 7.87. The van der Waals surface area contributed by atoms with E-state index in [0.29, 0.717) is 5.69 Å². The molecule has 0 spiro atoms.